The molecule has 3 aromatic rings. The van der Waals surface area contributed by atoms with Crippen molar-refractivity contribution in [3.05, 3.63) is 102 Å². The molecule has 5 rings (SSSR count). The first-order valence-corrected chi connectivity index (χ1v) is 10.7. The highest BCUT2D eigenvalue weighted by Crippen LogP contribution is 2.50. The number of hydrogen-bond acceptors (Lipinski definition) is 3. The van der Waals surface area contributed by atoms with E-state index in [1.165, 1.54) is 22.4 Å². The summed E-state index contributed by atoms with van der Waals surface area (Å²) in [5, 5.41) is 3.80. The minimum Gasteiger partial charge on any atom is -0.490 e. The maximum absolute atomic E-state index is 5.99. The van der Waals surface area contributed by atoms with Crippen LogP contribution < -0.4 is 14.8 Å². The highest BCUT2D eigenvalue weighted by atomic mass is 16.5. The lowest BCUT2D eigenvalue weighted by molar-refractivity contribution is 0.217. The van der Waals surface area contributed by atoms with Gasteiger partial charge in [-0.2, -0.15) is 0 Å². The molecule has 30 heavy (non-hydrogen) atoms. The largest absolute Gasteiger partial charge is 0.490 e. The fraction of sp³-hybridized carbons (Fsp3) is 0.259. The number of anilines is 1. The molecule has 0 aromatic heterocycles. The quantitative estimate of drug-likeness (QED) is 0.392. The van der Waals surface area contributed by atoms with Crippen LogP contribution in [0.2, 0.25) is 0 Å². The Kier molecular flexibility index (Phi) is 5.18. The van der Waals surface area contributed by atoms with Gasteiger partial charge in [-0.25, -0.2) is 0 Å². The summed E-state index contributed by atoms with van der Waals surface area (Å²) in [6, 6.07) is 25.5. The molecular formula is C27H27NO2. The number of allylic oxidation sites excluding steroid dienone is 2. The van der Waals surface area contributed by atoms with E-state index in [0.29, 0.717) is 31.1 Å². The number of benzene rings is 3. The Hall–Kier alpha value is -3.20. The maximum atomic E-state index is 5.99. The van der Waals surface area contributed by atoms with Crippen molar-refractivity contribution >= 4 is 5.69 Å². The van der Waals surface area contributed by atoms with E-state index in [2.05, 4.69) is 66.9 Å². The van der Waals surface area contributed by atoms with Crippen LogP contribution in [0.3, 0.4) is 0 Å². The van der Waals surface area contributed by atoms with Crippen molar-refractivity contribution in [3.63, 3.8) is 0 Å². The highest BCUT2D eigenvalue weighted by molar-refractivity contribution is 5.61. The number of fused-ring (bicyclic) bond motifs is 3. The van der Waals surface area contributed by atoms with Crippen LogP contribution in [0.25, 0.3) is 0 Å². The monoisotopic (exact) mass is 397 g/mol. The molecule has 0 spiro atoms. The smallest absolute Gasteiger partial charge is 0.122 e. The Morgan fingerprint density at radius 1 is 0.867 bits per heavy atom. The van der Waals surface area contributed by atoms with E-state index in [0.717, 1.165) is 17.9 Å². The summed E-state index contributed by atoms with van der Waals surface area (Å²) in [6.45, 7) is 3.19. The number of ether oxygens (including phenoxy) is 2. The predicted molar refractivity (Wildman–Crippen MR) is 121 cm³/mol. The number of rotatable bonds is 6. The summed E-state index contributed by atoms with van der Waals surface area (Å²) < 4.78 is 11.7. The molecule has 0 fully saturated rings. The van der Waals surface area contributed by atoms with Crippen molar-refractivity contribution in [2.75, 3.05) is 18.5 Å². The second-order valence-corrected chi connectivity index (χ2v) is 8.15. The van der Waals surface area contributed by atoms with Crippen molar-refractivity contribution in [2.45, 2.75) is 25.3 Å². The van der Waals surface area contributed by atoms with E-state index in [1.807, 2.05) is 30.3 Å². The van der Waals surface area contributed by atoms with Crippen LogP contribution in [0.15, 0.2) is 84.9 Å². The molecule has 152 valence electrons. The molecule has 2 aliphatic rings. The molecule has 3 atom stereocenters. The SMILES string of the molecule is Cc1ccc(C2Nc3ccc(OCCOc4ccccc4)cc3C3C=CCC32)cc1. The molecule has 0 saturated heterocycles. The molecular weight excluding hydrogens is 370 g/mol. The maximum Gasteiger partial charge on any atom is 0.122 e. The lowest BCUT2D eigenvalue weighted by Crippen LogP contribution is -2.29. The average Bonchev–Trinajstić information content (AvgIpc) is 3.28. The first-order chi connectivity index (χ1) is 14.8. The summed E-state index contributed by atoms with van der Waals surface area (Å²) in [4.78, 5) is 0. The third-order valence-electron chi connectivity index (χ3n) is 6.13. The van der Waals surface area contributed by atoms with Gasteiger partial charge < -0.3 is 14.8 Å². The minimum atomic E-state index is 0.337. The van der Waals surface area contributed by atoms with Crippen LogP contribution in [-0.4, -0.2) is 13.2 Å². The Bertz CT molecular complexity index is 1030. The van der Waals surface area contributed by atoms with Gasteiger partial charge in [0.05, 0.1) is 6.04 Å². The third-order valence-corrected chi connectivity index (χ3v) is 6.13. The number of aryl methyl sites for hydroxylation is 1. The van der Waals surface area contributed by atoms with E-state index in [4.69, 9.17) is 9.47 Å². The summed E-state index contributed by atoms with van der Waals surface area (Å²) >= 11 is 0. The van der Waals surface area contributed by atoms with Gasteiger partial charge in [0.25, 0.3) is 0 Å². The summed E-state index contributed by atoms with van der Waals surface area (Å²) in [5.41, 5.74) is 5.21. The predicted octanol–water partition coefficient (Wildman–Crippen LogP) is 6.28. The van der Waals surface area contributed by atoms with E-state index < -0.39 is 0 Å². The number of para-hydroxylation sites is 1. The van der Waals surface area contributed by atoms with Crippen molar-refractivity contribution < 1.29 is 9.47 Å². The molecule has 3 nitrogen and oxygen atoms in total. The summed E-state index contributed by atoms with van der Waals surface area (Å²) in [5.74, 6) is 2.74. The molecule has 1 aliphatic heterocycles. The highest BCUT2D eigenvalue weighted by Gasteiger charge is 2.37. The lowest BCUT2D eigenvalue weighted by atomic mass is 9.77. The van der Waals surface area contributed by atoms with Crippen molar-refractivity contribution in [1.82, 2.24) is 0 Å². The molecule has 0 bridgehead atoms. The van der Waals surface area contributed by atoms with Gasteiger partial charge in [-0.1, -0.05) is 60.2 Å². The van der Waals surface area contributed by atoms with E-state index in [1.54, 1.807) is 0 Å². The van der Waals surface area contributed by atoms with Gasteiger partial charge in [-0.15, -0.1) is 0 Å². The Morgan fingerprint density at radius 3 is 2.43 bits per heavy atom. The van der Waals surface area contributed by atoms with Gasteiger partial charge in [0, 0.05) is 11.6 Å². The minimum absolute atomic E-state index is 0.337. The first kappa shape index (κ1) is 18.8. The third kappa shape index (κ3) is 3.80. The van der Waals surface area contributed by atoms with Crippen molar-refractivity contribution in [2.24, 2.45) is 5.92 Å². The van der Waals surface area contributed by atoms with Crippen LogP contribution in [0.4, 0.5) is 5.69 Å². The van der Waals surface area contributed by atoms with Crippen molar-refractivity contribution in [3.8, 4) is 11.5 Å². The van der Waals surface area contributed by atoms with Crippen LogP contribution >= 0.6 is 0 Å². The van der Waals surface area contributed by atoms with Crippen molar-refractivity contribution in [1.29, 1.82) is 0 Å². The molecule has 0 amide bonds. The van der Waals surface area contributed by atoms with Crippen LogP contribution in [0, 0.1) is 12.8 Å². The molecule has 1 aliphatic carbocycles. The molecule has 3 aromatic carbocycles. The average molecular weight is 398 g/mol. The van der Waals surface area contributed by atoms with E-state index >= 15 is 0 Å². The van der Waals surface area contributed by atoms with Gasteiger partial charge >= 0.3 is 0 Å². The first-order valence-electron chi connectivity index (χ1n) is 10.7. The second-order valence-electron chi connectivity index (χ2n) is 8.15. The molecule has 0 saturated carbocycles. The summed E-state index contributed by atoms with van der Waals surface area (Å²) in [6.07, 6.45) is 5.80. The van der Waals surface area contributed by atoms with Crippen LogP contribution in [0.1, 0.15) is 35.1 Å². The van der Waals surface area contributed by atoms with Gasteiger partial charge in [0.2, 0.25) is 0 Å². The van der Waals surface area contributed by atoms with E-state index in [-0.39, 0.29) is 0 Å². The number of nitrogens with one attached hydrogen (secondary N) is 1. The Labute approximate surface area is 178 Å². The second kappa shape index (κ2) is 8.27. The molecule has 3 heteroatoms. The standard InChI is InChI=1S/C27H27NO2/c1-19-10-12-20(13-11-19)27-24-9-5-8-23(24)25-18-22(14-15-26(25)28-27)30-17-16-29-21-6-3-2-4-7-21/h2-8,10-15,18,23-24,27-28H,9,16-17H2,1H3. The van der Waals surface area contributed by atoms with E-state index in [9.17, 15) is 0 Å². The van der Waals surface area contributed by atoms with Crippen LogP contribution in [0.5, 0.6) is 11.5 Å². The van der Waals surface area contributed by atoms with Gasteiger partial charge in [0.15, 0.2) is 0 Å². The molecule has 1 heterocycles. The van der Waals surface area contributed by atoms with Crippen LogP contribution in [-0.2, 0) is 0 Å². The van der Waals surface area contributed by atoms with Gasteiger partial charge in [0.1, 0.15) is 24.7 Å². The zero-order valence-corrected chi connectivity index (χ0v) is 17.3. The Morgan fingerprint density at radius 2 is 1.63 bits per heavy atom. The normalized spacial score (nSPS) is 21.4. The zero-order valence-electron chi connectivity index (χ0n) is 17.3. The summed E-state index contributed by atoms with van der Waals surface area (Å²) in [7, 11) is 0. The Balaban J connectivity index is 1.29. The molecule has 3 unspecified atom stereocenters. The van der Waals surface area contributed by atoms with Gasteiger partial charge in [-0.05, 0) is 60.7 Å². The molecule has 0 radical (unpaired) electrons. The zero-order chi connectivity index (χ0) is 20.3. The number of hydrogen-bond donors (Lipinski definition) is 1. The lowest BCUT2D eigenvalue weighted by Gasteiger charge is -2.37. The topological polar surface area (TPSA) is 30.5 Å². The fourth-order valence-corrected chi connectivity index (χ4v) is 4.60. The van der Waals surface area contributed by atoms with Gasteiger partial charge in [-0.3, -0.25) is 0 Å². The molecule has 1 N–H and O–H groups in total. The fourth-order valence-electron chi connectivity index (χ4n) is 4.60.